The molecule has 2 saturated heterocycles. The SMILES string of the molecule is CC(=O)N1CCc2nc([C@H]3CCN(C(=O)CN4CCCCCC4)C3)ncc2C1. The fourth-order valence-electron chi connectivity index (χ4n) is 4.58. The van der Waals surface area contributed by atoms with Crippen LogP contribution in [0.15, 0.2) is 6.20 Å². The van der Waals surface area contributed by atoms with Crippen LogP contribution in [0.4, 0.5) is 0 Å². The van der Waals surface area contributed by atoms with Crippen LogP contribution in [0.1, 0.15) is 62.0 Å². The lowest BCUT2D eigenvalue weighted by molar-refractivity contribution is -0.131. The number of carbonyl (C=O) groups excluding carboxylic acids is 2. The van der Waals surface area contributed by atoms with Crippen molar-refractivity contribution in [3.63, 3.8) is 0 Å². The summed E-state index contributed by atoms with van der Waals surface area (Å²) in [6, 6.07) is 0. The van der Waals surface area contributed by atoms with Crippen LogP contribution in [0.25, 0.3) is 0 Å². The molecule has 3 aliphatic heterocycles. The Kier molecular flexibility index (Phi) is 5.90. The van der Waals surface area contributed by atoms with Crippen molar-refractivity contribution in [2.45, 2.75) is 57.9 Å². The van der Waals surface area contributed by atoms with E-state index in [2.05, 4.69) is 9.88 Å². The molecule has 1 atom stereocenters. The number of fused-ring (bicyclic) bond motifs is 1. The van der Waals surface area contributed by atoms with Gasteiger partial charge in [0, 0.05) is 57.2 Å². The summed E-state index contributed by atoms with van der Waals surface area (Å²) in [6.45, 7) is 7.12. The van der Waals surface area contributed by atoms with Gasteiger partial charge < -0.3 is 9.80 Å². The molecule has 0 saturated carbocycles. The van der Waals surface area contributed by atoms with Crippen molar-refractivity contribution in [1.82, 2.24) is 24.7 Å². The van der Waals surface area contributed by atoms with Gasteiger partial charge in [-0.3, -0.25) is 14.5 Å². The topological polar surface area (TPSA) is 69.6 Å². The minimum Gasteiger partial charge on any atom is -0.341 e. The Morgan fingerprint density at radius 2 is 1.86 bits per heavy atom. The van der Waals surface area contributed by atoms with Crippen LogP contribution < -0.4 is 0 Å². The van der Waals surface area contributed by atoms with Crippen molar-refractivity contribution in [3.05, 3.63) is 23.3 Å². The largest absolute Gasteiger partial charge is 0.341 e. The Balaban J connectivity index is 1.35. The second-order valence-corrected chi connectivity index (χ2v) is 8.41. The fourth-order valence-corrected chi connectivity index (χ4v) is 4.58. The molecule has 2 amide bonds. The standard InChI is InChI=1S/C21H31N5O2/c1-16(27)25-11-7-19-18(14-25)12-22-21(23-19)17-6-10-26(13-17)20(28)15-24-8-4-2-3-5-9-24/h12,17H,2-11,13-15H2,1H3/t17-/m0/s1. The van der Waals surface area contributed by atoms with Crippen LogP contribution in [0.2, 0.25) is 0 Å². The Hall–Kier alpha value is -2.02. The van der Waals surface area contributed by atoms with Crippen molar-refractivity contribution in [2.75, 3.05) is 39.3 Å². The zero-order chi connectivity index (χ0) is 19.5. The average molecular weight is 386 g/mol. The van der Waals surface area contributed by atoms with Gasteiger partial charge >= 0.3 is 0 Å². The Bertz CT molecular complexity index is 730. The van der Waals surface area contributed by atoms with Gasteiger partial charge in [-0.1, -0.05) is 12.8 Å². The summed E-state index contributed by atoms with van der Waals surface area (Å²) in [7, 11) is 0. The number of rotatable bonds is 3. The molecule has 2 fully saturated rings. The molecule has 0 aliphatic carbocycles. The number of aromatic nitrogens is 2. The number of amides is 2. The molecule has 0 N–H and O–H groups in total. The summed E-state index contributed by atoms with van der Waals surface area (Å²) in [5, 5.41) is 0. The van der Waals surface area contributed by atoms with Crippen molar-refractivity contribution in [3.8, 4) is 0 Å². The molecule has 7 nitrogen and oxygen atoms in total. The molecule has 28 heavy (non-hydrogen) atoms. The molecule has 3 aliphatic rings. The number of likely N-dealkylation sites (tertiary alicyclic amines) is 2. The van der Waals surface area contributed by atoms with E-state index >= 15 is 0 Å². The lowest BCUT2D eigenvalue weighted by atomic mass is 10.0. The first-order valence-corrected chi connectivity index (χ1v) is 10.7. The second-order valence-electron chi connectivity index (χ2n) is 8.41. The number of carbonyl (C=O) groups is 2. The van der Waals surface area contributed by atoms with E-state index in [9.17, 15) is 9.59 Å². The Morgan fingerprint density at radius 3 is 2.61 bits per heavy atom. The molecule has 152 valence electrons. The van der Waals surface area contributed by atoms with Gasteiger partial charge in [-0.2, -0.15) is 0 Å². The third kappa shape index (κ3) is 4.35. The summed E-state index contributed by atoms with van der Waals surface area (Å²) in [6.07, 6.45) is 8.60. The van der Waals surface area contributed by atoms with Gasteiger partial charge in [0.1, 0.15) is 5.82 Å². The van der Waals surface area contributed by atoms with E-state index in [1.165, 1.54) is 25.7 Å². The van der Waals surface area contributed by atoms with Gasteiger partial charge in [0.15, 0.2) is 0 Å². The average Bonchev–Trinajstić information content (AvgIpc) is 3.06. The zero-order valence-corrected chi connectivity index (χ0v) is 16.9. The van der Waals surface area contributed by atoms with Gasteiger partial charge in [0.2, 0.25) is 11.8 Å². The summed E-state index contributed by atoms with van der Waals surface area (Å²) < 4.78 is 0. The van der Waals surface area contributed by atoms with Gasteiger partial charge in [-0.15, -0.1) is 0 Å². The van der Waals surface area contributed by atoms with E-state index in [0.717, 1.165) is 62.6 Å². The molecule has 0 radical (unpaired) electrons. The second kappa shape index (κ2) is 8.55. The van der Waals surface area contributed by atoms with Crippen molar-refractivity contribution >= 4 is 11.8 Å². The summed E-state index contributed by atoms with van der Waals surface area (Å²) >= 11 is 0. The Morgan fingerprint density at radius 1 is 1.07 bits per heavy atom. The summed E-state index contributed by atoms with van der Waals surface area (Å²) in [5.41, 5.74) is 2.12. The number of nitrogens with zero attached hydrogens (tertiary/aromatic N) is 5. The molecule has 0 unspecified atom stereocenters. The highest BCUT2D eigenvalue weighted by molar-refractivity contribution is 5.78. The van der Waals surface area contributed by atoms with Crippen LogP contribution in [0, 0.1) is 0 Å². The first-order chi connectivity index (χ1) is 13.6. The highest BCUT2D eigenvalue weighted by Gasteiger charge is 2.31. The molecule has 0 spiro atoms. The van der Waals surface area contributed by atoms with E-state index in [4.69, 9.17) is 4.98 Å². The minimum atomic E-state index is 0.101. The lowest BCUT2D eigenvalue weighted by Crippen LogP contribution is -2.39. The summed E-state index contributed by atoms with van der Waals surface area (Å²) in [5.74, 6) is 1.44. The van der Waals surface area contributed by atoms with E-state index in [1.54, 1.807) is 6.92 Å². The predicted octanol–water partition coefficient (Wildman–Crippen LogP) is 1.57. The maximum Gasteiger partial charge on any atom is 0.236 e. The van der Waals surface area contributed by atoms with Gasteiger partial charge in [0.25, 0.3) is 0 Å². The first kappa shape index (κ1) is 19.3. The van der Waals surface area contributed by atoms with Crippen molar-refractivity contribution in [1.29, 1.82) is 0 Å². The molecular formula is C21H31N5O2. The molecule has 4 heterocycles. The van der Waals surface area contributed by atoms with Gasteiger partial charge in [0.05, 0.1) is 12.2 Å². The monoisotopic (exact) mass is 385 g/mol. The quantitative estimate of drug-likeness (QED) is 0.790. The first-order valence-electron chi connectivity index (χ1n) is 10.7. The number of hydrogen-bond acceptors (Lipinski definition) is 5. The van der Waals surface area contributed by atoms with Crippen molar-refractivity contribution in [2.24, 2.45) is 0 Å². The lowest BCUT2D eigenvalue weighted by Gasteiger charge is -2.27. The Labute approximate surface area is 167 Å². The maximum absolute atomic E-state index is 12.7. The predicted molar refractivity (Wildman–Crippen MR) is 106 cm³/mol. The fraction of sp³-hybridized carbons (Fsp3) is 0.714. The van der Waals surface area contributed by atoms with Crippen LogP contribution in [-0.4, -0.2) is 75.8 Å². The highest BCUT2D eigenvalue weighted by atomic mass is 16.2. The third-order valence-electron chi connectivity index (χ3n) is 6.36. The zero-order valence-electron chi connectivity index (χ0n) is 16.9. The normalized spacial score (nSPS) is 23.4. The van der Waals surface area contributed by atoms with E-state index in [1.807, 2.05) is 16.0 Å². The minimum absolute atomic E-state index is 0.101. The van der Waals surface area contributed by atoms with E-state index in [0.29, 0.717) is 13.1 Å². The van der Waals surface area contributed by atoms with Gasteiger partial charge in [-0.25, -0.2) is 9.97 Å². The van der Waals surface area contributed by atoms with Crippen LogP contribution in [-0.2, 0) is 22.6 Å². The molecule has 1 aromatic rings. The molecule has 0 aromatic carbocycles. The van der Waals surface area contributed by atoms with Crippen LogP contribution in [0.5, 0.6) is 0 Å². The summed E-state index contributed by atoms with van der Waals surface area (Å²) in [4.78, 5) is 39.9. The number of hydrogen-bond donors (Lipinski definition) is 0. The van der Waals surface area contributed by atoms with Crippen LogP contribution >= 0.6 is 0 Å². The molecule has 1 aromatic heterocycles. The smallest absolute Gasteiger partial charge is 0.236 e. The molecule has 4 rings (SSSR count). The van der Waals surface area contributed by atoms with Crippen molar-refractivity contribution < 1.29 is 9.59 Å². The third-order valence-corrected chi connectivity index (χ3v) is 6.36. The molecule has 7 heteroatoms. The maximum atomic E-state index is 12.7. The van der Waals surface area contributed by atoms with E-state index in [-0.39, 0.29) is 17.7 Å². The van der Waals surface area contributed by atoms with Crippen LogP contribution in [0.3, 0.4) is 0 Å². The van der Waals surface area contributed by atoms with E-state index < -0.39 is 0 Å². The molecular weight excluding hydrogens is 354 g/mol. The van der Waals surface area contributed by atoms with Gasteiger partial charge in [-0.05, 0) is 32.4 Å². The molecule has 0 bridgehead atoms. The highest BCUT2D eigenvalue weighted by Crippen LogP contribution is 2.27.